The van der Waals surface area contributed by atoms with Crippen LogP contribution in [0.2, 0.25) is 0 Å². The Morgan fingerprint density at radius 2 is 1.96 bits per heavy atom. The van der Waals surface area contributed by atoms with E-state index in [1.54, 1.807) is 11.3 Å². The maximum absolute atomic E-state index is 6.04. The molecule has 24 heavy (non-hydrogen) atoms. The highest BCUT2D eigenvalue weighted by Gasteiger charge is 2.11. The summed E-state index contributed by atoms with van der Waals surface area (Å²) in [4.78, 5) is 4.74. The van der Waals surface area contributed by atoms with Crippen molar-refractivity contribution in [2.75, 3.05) is 6.61 Å². The van der Waals surface area contributed by atoms with Crippen molar-refractivity contribution in [2.24, 2.45) is 7.05 Å². The SMILES string of the molecule is C[n+]1ccn(CCOc2ccccc2-c2nc3ccccc3s2)c1. The molecule has 0 unspecified atom stereocenters. The van der Waals surface area contributed by atoms with Gasteiger partial charge in [-0.15, -0.1) is 11.3 Å². The van der Waals surface area contributed by atoms with E-state index in [-0.39, 0.29) is 0 Å². The molecule has 0 aliphatic carbocycles. The van der Waals surface area contributed by atoms with Crippen LogP contribution in [0.3, 0.4) is 0 Å². The molecule has 120 valence electrons. The Hall–Kier alpha value is -2.66. The summed E-state index contributed by atoms with van der Waals surface area (Å²) in [6.45, 7) is 1.44. The van der Waals surface area contributed by atoms with Gasteiger partial charge in [-0.2, -0.15) is 0 Å². The Morgan fingerprint density at radius 1 is 1.12 bits per heavy atom. The van der Waals surface area contributed by atoms with Crippen LogP contribution in [-0.2, 0) is 13.6 Å². The second kappa shape index (κ2) is 6.45. The van der Waals surface area contributed by atoms with Gasteiger partial charge in [0.1, 0.15) is 36.3 Å². The molecule has 0 spiro atoms. The van der Waals surface area contributed by atoms with Gasteiger partial charge in [0.25, 0.3) is 0 Å². The minimum absolute atomic E-state index is 0.622. The summed E-state index contributed by atoms with van der Waals surface area (Å²) >= 11 is 1.70. The molecular weight excluding hydrogens is 318 g/mol. The van der Waals surface area contributed by atoms with Crippen LogP contribution in [0.25, 0.3) is 20.8 Å². The molecule has 2 aromatic heterocycles. The second-order valence-corrected chi connectivity index (χ2v) is 6.68. The Labute approximate surface area is 144 Å². The number of imidazole rings is 1. The van der Waals surface area contributed by atoms with Crippen LogP contribution in [-0.4, -0.2) is 16.2 Å². The van der Waals surface area contributed by atoms with Crippen LogP contribution in [0, 0.1) is 0 Å². The van der Waals surface area contributed by atoms with Crippen LogP contribution in [0.5, 0.6) is 5.75 Å². The summed E-state index contributed by atoms with van der Waals surface area (Å²) in [7, 11) is 2.01. The van der Waals surface area contributed by atoms with E-state index in [4.69, 9.17) is 9.72 Å². The van der Waals surface area contributed by atoms with Crippen LogP contribution >= 0.6 is 11.3 Å². The molecule has 0 aliphatic heterocycles. The van der Waals surface area contributed by atoms with Gasteiger partial charge in [-0.1, -0.05) is 24.3 Å². The lowest BCUT2D eigenvalue weighted by atomic mass is 10.2. The summed E-state index contributed by atoms with van der Waals surface area (Å²) in [6.07, 6.45) is 6.11. The Bertz CT molecular complexity index is 940. The van der Waals surface area contributed by atoms with Crippen LogP contribution in [0.15, 0.2) is 67.3 Å². The lowest BCUT2D eigenvalue weighted by molar-refractivity contribution is -0.671. The zero-order valence-corrected chi connectivity index (χ0v) is 14.2. The Balaban J connectivity index is 1.56. The van der Waals surface area contributed by atoms with Gasteiger partial charge < -0.3 is 4.74 Å². The maximum Gasteiger partial charge on any atom is 0.243 e. The molecule has 4 nitrogen and oxygen atoms in total. The highest BCUT2D eigenvalue weighted by atomic mass is 32.1. The van der Waals surface area contributed by atoms with Crippen molar-refractivity contribution in [1.29, 1.82) is 0 Å². The zero-order chi connectivity index (χ0) is 16.4. The third-order valence-electron chi connectivity index (χ3n) is 3.84. The van der Waals surface area contributed by atoms with E-state index in [2.05, 4.69) is 16.7 Å². The fourth-order valence-corrected chi connectivity index (χ4v) is 3.65. The van der Waals surface area contributed by atoms with Gasteiger partial charge in [-0.05, 0) is 24.3 Å². The van der Waals surface area contributed by atoms with Crippen LogP contribution < -0.4 is 9.30 Å². The van der Waals surface area contributed by atoms with Crippen molar-refractivity contribution in [2.45, 2.75) is 6.54 Å². The molecule has 0 amide bonds. The number of para-hydroxylation sites is 2. The number of thiazole rings is 1. The molecular formula is C19H18N3OS+. The smallest absolute Gasteiger partial charge is 0.243 e. The minimum atomic E-state index is 0.622. The summed E-state index contributed by atoms with van der Waals surface area (Å²) in [6, 6.07) is 16.3. The van der Waals surface area contributed by atoms with Gasteiger partial charge in [0.15, 0.2) is 0 Å². The molecule has 0 atom stereocenters. The Morgan fingerprint density at radius 3 is 2.79 bits per heavy atom. The van der Waals surface area contributed by atoms with E-state index < -0.39 is 0 Å². The lowest BCUT2D eigenvalue weighted by Gasteiger charge is -2.08. The van der Waals surface area contributed by atoms with Crippen molar-refractivity contribution in [1.82, 2.24) is 9.55 Å². The number of aromatic nitrogens is 3. The molecule has 0 N–H and O–H groups in total. The highest BCUT2D eigenvalue weighted by Crippen LogP contribution is 2.35. The first-order valence-corrected chi connectivity index (χ1v) is 8.70. The molecule has 5 heteroatoms. The number of hydrogen-bond donors (Lipinski definition) is 0. The van der Waals surface area contributed by atoms with Crippen molar-refractivity contribution in [3.63, 3.8) is 0 Å². The maximum atomic E-state index is 6.04. The third-order valence-corrected chi connectivity index (χ3v) is 4.91. The van der Waals surface area contributed by atoms with Gasteiger partial charge in [-0.25, -0.2) is 14.1 Å². The zero-order valence-electron chi connectivity index (χ0n) is 13.4. The van der Waals surface area contributed by atoms with Gasteiger partial charge in [0.2, 0.25) is 6.33 Å². The quantitative estimate of drug-likeness (QED) is 0.521. The van der Waals surface area contributed by atoms with E-state index in [0.717, 1.165) is 28.4 Å². The molecule has 0 bridgehead atoms. The number of benzene rings is 2. The number of fused-ring (bicyclic) bond motifs is 1. The summed E-state index contributed by atoms with van der Waals surface area (Å²) in [5, 5.41) is 0.999. The average molecular weight is 336 g/mol. The normalized spacial score (nSPS) is 11.0. The fourth-order valence-electron chi connectivity index (χ4n) is 2.65. The van der Waals surface area contributed by atoms with E-state index in [1.807, 2.05) is 66.7 Å². The number of aryl methyl sites for hydroxylation is 1. The number of hydrogen-bond acceptors (Lipinski definition) is 3. The van der Waals surface area contributed by atoms with Gasteiger partial charge in [0, 0.05) is 0 Å². The van der Waals surface area contributed by atoms with Crippen molar-refractivity contribution in [3.8, 4) is 16.3 Å². The van der Waals surface area contributed by atoms with E-state index in [0.29, 0.717) is 6.61 Å². The third kappa shape index (κ3) is 3.03. The predicted molar refractivity (Wildman–Crippen MR) is 96.2 cm³/mol. The molecule has 0 saturated heterocycles. The largest absolute Gasteiger partial charge is 0.489 e. The highest BCUT2D eigenvalue weighted by molar-refractivity contribution is 7.21. The van der Waals surface area contributed by atoms with Gasteiger partial charge in [0.05, 0.1) is 22.8 Å². The molecule has 0 radical (unpaired) electrons. The molecule has 0 aliphatic rings. The van der Waals surface area contributed by atoms with Gasteiger partial charge in [-0.3, -0.25) is 0 Å². The standard InChI is InChI=1S/C19H18N3OS/c1-21-10-11-22(14-21)12-13-23-17-8-4-2-6-15(17)19-20-16-7-3-5-9-18(16)24-19/h2-11,14H,12-13H2,1H3/q+1. The number of ether oxygens (including phenoxy) is 1. The topological polar surface area (TPSA) is 30.9 Å². The number of nitrogens with zero attached hydrogens (tertiary/aromatic N) is 3. The van der Waals surface area contributed by atoms with Crippen molar-refractivity contribution < 1.29 is 9.30 Å². The molecule has 4 aromatic rings. The first-order chi connectivity index (χ1) is 11.8. The lowest BCUT2D eigenvalue weighted by Crippen LogP contribution is -2.24. The molecule has 0 fully saturated rings. The molecule has 2 aromatic carbocycles. The van der Waals surface area contributed by atoms with E-state index in [9.17, 15) is 0 Å². The van der Waals surface area contributed by atoms with Crippen molar-refractivity contribution in [3.05, 3.63) is 67.3 Å². The monoisotopic (exact) mass is 336 g/mol. The van der Waals surface area contributed by atoms with Crippen molar-refractivity contribution >= 4 is 21.6 Å². The van der Waals surface area contributed by atoms with E-state index >= 15 is 0 Å². The fraction of sp³-hybridized carbons (Fsp3) is 0.158. The summed E-state index contributed by atoms with van der Waals surface area (Å²) in [5.74, 6) is 0.882. The van der Waals surface area contributed by atoms with Crippen LogP contribution in [0.1, 0.15) is 0 Å². The average Bonchev–Trinajstić information content (AvgIpc) is 3.21. The van der Waals surface area contributed by atoms with Crippen LogP contribution in [0.4, 0.5) is 0 Å². The minimum Gasteiger partial charge on any atom is -0.489 e. The molecule has 0 saturated carbocycles. The van der Waals surface area contributed by atoms with E-state index in [1.165, 1.54) is 4.70 Å². The molecule has 2 heterocycles. The second-order valence-electron chi connectivity index (χ2n) is 5.65. The predicted octanol–water partition coefficient (Wildman–Crippen LogP) is 3.67. The number of rotatable bonds is 5. The first kappa shape index (κ1) is 14.9. The van der Waals surface area contributed by atoms with Gasteiger partial charge >= 0.3 is 0 Å². The molecule has 4 rings (SSSR count). The first-order valence-electron chi connectivity index (χ1n) is 7.88. The summed E-state index contributed by atoms with van der Waals surface area (Å²) < 4.78 is 11.4. The Kier molecular flexibility index (Phi) is 4.01. The summed E-state index contributed by atoms with van der Waals surface area (Å²) in [5.41, 5.74) is 2.09.